The monoisotopic (exact) mass is 526 g/mol. The Kier molecular flexibility index (Phi) is 12.3. The lowest BCUT2D eigenvalue weighted by molar-refractivity contribution is -0.545. The van der Waals surface area contributed by atoms with Crippen LogP contribution in [0.5, 0.6) is 11.5 Å². The largest absolute Gasteiger partial charge is 0.493 e. The highest BCUT2D eigenvalue weighted by Gasteiger charge is 2.30. The van der Waals surface area contributed by atoms with Crippen molar-refractivity contribution in [1.82, 2.24) is 0 Å². The fourth-order valence-electron chi connectivity index (χ4n) is 5.43. The van der Waals surface area contributed by atoms with Gasteiger partial charge in [-0.2, -0.15) is 0 Å². The molecule has 0 saturated carbocycles. The summed E-state index contributed by atoms with van der Waals surface area (Å²) < 4.78 is 41.6. The van der Waals surface area contributed by atoms with Crippen LogP contribution in [0.25, 0.3) is 6.08 Å². The van der Waals surface area contributed by atoms with Crippen molar-refractivity contribution in [3.8, 4) is 11.5 Å². The van der Waals surface area contributed by atoms with Gasteiger partial charge in [0.15, 0.2) is 35.4 Å². The summed E-state index contributed by atoms with van der Waals surface area (Å²) >= 11 is 0. The van der Waals surface area contributed by atoms with Crippen molar-refractivity contribution < 1.29 is 22.8 Å². The van der Waals surface area contributed by atoms with Crippen LogP contribution in [0.2, 0.25) is 0 Å². The van der Waals surface area contributed by atoms with Crippen LogP contribution in [-0.2, 0) is 13.0 Å². The number of nitrogens with zero attached hydrogens (tertiary/aromatic N) is 1. The normalized spacial score (nSPS) is 13.3. The molecule has 2 aromatic rings. The predicted octanol–water partition coefficient (Wildman–Crippen LogP) is 8.88. The first kappa shape index (κ1) is 29.9. The van der Waals surface area contributed by atoms with Gasteiger partial charge in [0.05, 0.1) is 14.2 Å². The van der Waals surface area contributed by atoms with E-state index in [1.54, 1.807) is 20.3 Å². The van der Waals surface area contributed by atoms with Crippen LogP contribution < -0.4 is 9.47 Å². The van der Waals surface area contributed by atoms with Gasteiger partial charge in [-0.3, -0.25) is 0 Å². The van der Waals surface area contributed by atoms with E-state index in [4.69, 9.17) is 9.47 Å². The number of methoxy groups -OCH3 is 2. The average molecular weight is 527 g/mol. The number of fused-ring (bicyclic) bond motifs is 1. The van der Waals surface area contributed by atoms with Gasteiger partial charge in [-0.05, 0) is 49.1 Å². The summed E-state index contributed by atoms with van der Waals surface area (Å²) in [5.41, 5.74) is 5.62. The second-order valence-corrected chi connectivity index (χ2v) is 10.3. The van der Waals surface area contributed by atoms with Crippen LogP contribution in [0.3, 0.4) is 0 Å². The lowest BCUT2D eigenvalue weighted by atomic mass is 9.88. The number of rotatable bonds is 16. The molecule has 0 spiro atoms. The maximum Gasteiger partial charge on any atom is 0.184 e. The van der Waals surface area contributed by atoms with Gasteiger partial charge in [0.25, 0.3) is 0 Å². The molecule has 0 radical (unpaired) electrons. The highest BCUT2D eigenvalue weighted by molar-refractivity contribution is 6.00. The Balaban J connectivity index is 2.01. The Hall–Kier alpha value is -2.69. The lowest BCUT2D eigenvalue weighted by Crippen LogP contribution is -2.31. The van der Waals surface area contributed by atoms with E-state index in [-0.39, 0.29) is 0 Å². The maximum absolute atomic E-state index is 14.0. The molecule has 0 atom stereocenters. The molecule has 1 heterocycles. The molecule has 2 aromatic carbocycles. The molecular formula is C33H46F2NO2+. The van der Waals surface area contributed by atoms with E-state index in [0.29, 0.717) is 6.54 Å². The molecule has 1 aliphatic rings. The van der Waals surface area contributed by atoms with Crippen molar-refractivity contribution in [3.05, 3.63) is 64.2 Å². The molecule has 0 saturated heterocycles. The number of hydrogen-bond acceptors (Lipinski definition) is 2. The Morgan fingerprint density at radius 2 is 1.61 bits per heavy atom. The summed E-state index contributed by atoms with van der Waals surface area (Å²) in [5, 5.41) is 0. The van der Waals surface area contributed by atoms with Crippen LogP contribution in [0.15, 0.2) is 30.3 Å². The SMILES string of the molecule is CCCCCCC=Cc1c2c(cc(OC)c1OC)C(CCCCCCC)=[N+](Cc1ccc(F)c(F)c1)CC2. The van der Waals surface area contributed by atoms with Crippen molar-refractivity contribution in [1.29, 1.82) is 0 Å². The zero-order chi connectivity index (χ0) is 27.3. The number of ether oxygens (including phenoxy) is 2. The zero-order valence-electron chi connectivity index (χ0n) is 23.9. The summed E-state index contributed by atoms with van der Waals surface area (Å²) in [7, 11) is 3.40. The minimum Gasteiger partial charge on any atom is -0.493 e. The third-order valence-electron chi connectivity index (χ3n) is 7.53. The van der Waals surface area contributed by atoms with Crippen LogP contribution in [0.4, 0.5) is 8.78 Å². The lowest BCUT2D eigenvalue weighted by Gasteiger charge is -2.24. The quantitative estimate of drug-likeness (QED) is 0.161. The van der Waals surface area contributed by atoms with E-state index in [1.807, 2.05) is 0 Å². The Morgan fingerprint density at radius 3 is 2.29 bits per heavy atom. The van der Waals surface area contributed by atoms with E-state index in [1.165, 1.54) is 80.3 Å². The summed E-state index contributed by atoms with van der Waals surface area (Å²) in [6, 6.07) is 6.36. The van der Waals surface area contributed by atoms with Gasteiger partial charge in [-0.25, -0.2) is 13.4 Å². The van der Waals surface area contributed by atoms with Gasteiger partial charge in [0, 0.05) is 29.5 Å². The zero-order valence-corrected chi connectivity index (χ0v) is 23.9. The molecule has 38 heavy (non-hydrogen) atoms. The van der Waals surface area contributed by atoms with Crippen molar-refractivity contribution >= 4 is 11.8 Å². The molecule has 1 aliphatic heterocycles. The van der Waals surface area contributed by atoms with Gasteiger partial charge in [0.2, 0.25) is 0 Å². The summed E-state index contributed by atoms with van der Waals surface area (Å²) in [6.45, 7) is 5.84. The van der Waals surface area contributed by atoms with E-state index < -0.39 is 11.6 Å². The molecular weight excluding hydrogens is 480 g/mol. The number of hydrogen-bond donors (Lipinski definition) is 0. The van der Waals surface area contributed by atoms with Crippen molar-refractivity contribution in [3.63, 3.8) is 0 Å². The molecule has 3 rings (SSSR count). The van der Waals surface area contributed by atoms with Crippen molar-refractivity contribution in [2.24, 2.45) is 0 Å². The Bertz CT molecular complexity index is 1110. The van der Waals surface area contributed by atoms with Crippen molar-refractivity contribution in [2.75, 3.05) is 20.8 Å². The molecule has 3 nitrogen and oxygen atoms in total. The van der Waals surface area contributed by atoms with Gasteiger partial charge < -0.3 is 9.47 Å². The van der Waals surface area contributed by atoms with Gasteiger partial charge in [-0.15, -0.1) is 0 Å². The topological polar surface area (TPSA) is 21.5 Å². The van der Waals surface area contributed by atoms with E-state index >= 15 is 0 Å². The molecule has 0 fully saturated rings. The van der Waals surface area contributed by atoms with Gasteiger partial charge in [0.1, 0.15) is 6.54 Å². The maximum atomic E-state index is 14.0. The first-order valence-electron chi connectivity index (χ1n) is 14.5. The smallest absolute Gasteiger partial charge is 0.184 e. The van der Waals surface area contributed by atoms with E-state index in [9.17, 15) is 8.78 Å². The first-order valence-corrected chi connectivity index (χ1v) is 14.5. The van der Waals surface area contributed by atoms with Crippen LogP contribution in [0.1, 0.15) is 107 Å². The third kappa shape index (κ3) is 7.91. The third-order valence-corrected chi connectivity index (χ3v) is 7.53. The number of unbranched alkanes of at least 4 members (excludes halogenated alkanes) is 8. The molecule has 5 heteroatoms. The minimum absolute atomic E-state index is 0.553. The van der Waals surface area contributed by atoms with E-state index in [2.05, 4.69) is 36.6 Å². The van der Waals surface area contributed by atoms with Gasteiger partial charge >= 0.3 is 0 Å². The Labute approximate surface area is 228 Å². The Morgan fingerprint density at radius 1 is 0.868 bits per heavy atom. The van der Waals surface area contributed by atoms with Crippen LogP contribution >= 0.6 is 0 Å². The molecule has 208 valence electrons. The van der Waals surface area contributed by atoms with Crippen LogP contribution in [-0.4, -0.2) is 31.1 Å². The fraction of sp³-hybridized carbons (Fsp3) is 0.545. The summed E-state index contributed by atoms with van der Waals surface area (Å²) in [5.74, 6) is -0.0814. The van der Waals surface area contributed by atoms with Crippen molar-refractivity contribution in [2.45, 2.75) is 97.4 Å². The number of halogens is 2. The molecule has 0 aliphatic carbocycles. The summed E-state index contributed by atoms with van der Waals surface area (Å²) in [6.07, 6.45) is 18.3. The van der Waals surface area contributed by atoms with Crippen LogP contribution in [0, 0.1) is 11.6 Å². The number of benzene rings is 2. The molecule has 0 unspecified atom stereocenters. The second kappa shape index (κ2) is 15.7. The standard InChI is InChI=1S/C33H46F2NO2/c1-5-7-9-11-13-14-16-27-26-20-21-36(24-25-18-19-29(34)30(35)22-25)31(17-15-12-10-8-6-2)28(26)23-32(37-3)33(27)38-4/h14,16,18-19,22-23H,5-13,15,17,20-21,24H2,1-4H3/q+1. The highest BCUT2D eigenvalue weighted by atomic mass is 19.2. The predicted molar refractivity (Wildman–Crippen MR) is 154 cm³/mol. The molecule has 0 amide bonds. The molecule has 0 N–H and O–H groups in total. The number of allylic oxidation sites excluding steroid dienone is 1. The molecule has 0 aromatic heterocycles. The van der Waals surface area contributed by atoms with Gasteiger partial charge in [-0.1, -0.05) is 70.9 Å². The first-order chi connectivity index (χ1) is 18.5. The minimum atomic E-state index is -0.805. The fourth-order valence-corrected chi connectivity index (χ4v) is 5.43. The second-order valence-electron chi connectivity index (χ2n) is 10.3. The average Bonchev–Trinajstić information content (AvgIpc) is 2.92. The molecule has 0 bridgehead atoms. The van der Waals surface area contributed by atoms with E-state index in [0.717, 1.165) is 54.9 Å². The highest BCUT2D eigenvalue weighted by Crippen LogP contribution is 2.39. The summed E-state index contributed by atoms with van der Waals surface area (Å²) in [4.78, 5) is 0.